The first-order valence-electron chi connectivity index (χ1n) is 9.73. The molecule has 0 aliphatic heterocycles. The average Bonchev–Trinajstić information content (AvgIpc) is 3.07. The third-order valence-corrected chi connectivity index (χ3v) is 5.66. The summed E-state index contributed by atoms with van der Waals surface area (Å²) in [6, 6.07) is 18.7. The molecule has 140 valence electrons. The number of rotatable bonds is 4. The van der Waals surface area contributed by atoms with E-state index < -0.39 is 0 Å². The number of hydrogen-bond acceptors (Lipinski definition) is 2. The Morgan fingerprint density at radius 2 is 1.74 bits per heavy atom. The van der Waals surface area contributed by atoms with Gasteiger partial charge in [-0.3, -0.25) is 0 Å². The van der Waals surface area contributed by atoms with Crippen molar-refractivity contribution in [3.63, 3.8) is 0 Å². The Morgan fingerprint density at radius 1 is 1.04 bits per heavy atom. The van der Waals surface area contributed by atoms with E-state index in [0.717, 1.165) is 24.9 Å². The number of aromatic hydroxyl groups is 1. The SMILES string of the molecule is COC1CCc2c(cc(-c3ccc(C(C)C)cc3)n2-c2ccc(O)cc2)C1. The lowest BCUT2D eigenvalue weighted by molar-refractivity contribution is 0.0906. The molecule has 3 aromatic rings. The van der Waals surface area contributed by atoms with Crippen molar-refractivity contribution in [2.45, 2.75) is 45.1 Å². The van der Waals surface area contributed by atoms with Crippen LogP contribution < -0.4 is 0 Å². The van der Waals surface area contributed by atoms with Gasteiger partial charge in [-0.2, -0.15) is 0 Å². The van der Waals surface area contributed by atoms with Crippen molar-refractivity contribution in [3.05, 3.63) is 71.4 Å². The predicted octanol–water partition coefficient (Wildman–Crippen LogP) is 5.48. The number of methoxy groups -OCH3 is 1. The maximum absolute atomic E-state index is 9.70. The molecule has 1 aromatic heterocycles. The Morgan fingerprint density at radius 3 is 2.37 bits per heavy atom. The number of aromatic nitrogens is 1. The van der Waals surface area contributed by atoms with Crippen molar-refractivity contribution < 1.29 is 9.84 Å². The molecule has 0 bridgehead atoms. The summed E-state index contributed by atoms with van der Waals surface area (Å²) in [6.45, 7) is 4.44. The Labute approximate surface area is 161 Å². The molecular formula is C24H27NO2. The van der Waals surface area contributed by atoms with E-state index in [0.29, 0.717) is 17.8 Å². The van der Waals surface area contributed by atoms with Crippen LogP contribution in [0.25, 0.3) is 16.9 Å². The first kappa shape index (κ1) is 17.9. The zero-order chi connectivity index (χ0) is 19.0. The van der Waals surface area contributed by atoms with E-state index in [1.807, 2.05) is 12.1 Å². The van der Waals surface area contributed by atoms with Crippen molar-refractivity contribution in [1.29, 1.82) is 0 Å². The molecule has 0 saturated carbocycles. The van der Waals surface area contributed by atoms with Gasteiger partial charge in [0.1, 0.15) is 5.75 Å². The van der Waals surface area contributed by atoms with Gasteiger partial charge in [-0.05, 0) is 65.8 Å². The zero-order valence-corrected chi connectivity index (χ0v) is 16.3. The standard InChI is InChI=1S/C24H27NO2/c1-16(2)17-4-6-18(7-5-17)24-15-19-14-22(27-3)12-13-23(19)25(24)20-8-10-21(26)11-9-20/h4-11,15-16,22,26H,12-14H2,1-3H3. The lowest BCUT2D eigenvalue weighted by atomic mass is 9.95. The molecule has 2 aromatic carbocycles. The van der Waals surface area contributed by atoms with E-state index in [1.54, 1.807) is 19.2 Å². The van der Waals surface area contributed by atoms with E-state index in [4.69, 9.17) is 4.74 Å². The molecule has 0 amide bonds. The molecule has 1 N–H and O–H groups in total. The lowest BCUT2D eigenvalue weighted by Gasteiger charge is -2.23. The van der Waals surface area contributed by atoms with E-state index >= 15 is 0 Å². The normalized spacial score (nSPS) is 16.5. The summed E-state index contributed by atoms with van der Waals surface area (Å²) < 4.78 is 7.98. The maximum atomic E-state index is 9.70. The van der Waals surface area contributed by atoms with Crippen LogP contribution >= 0.6 is 0 Å². The number of nitrogens with zero attached hydrogens (tertiary/aromatic N) is 1. The molecule has 3 heteroatoms. The number of benzene rings is 2. The van der Waals surface area contributed by atoms with Gasteiger partial charge in [-0.25, -0.2) is 0 Å². The summed E-state index contributed by atoms with van der Waals surface area (Å²) in [5.74, 6) is 0.820. The summed E-state index contributed by atoms with van der Waals surface area (Å²) >= 11 is 0. The lowest BCUT2D eigenvalue weighted by Crippen LogP contribution is -2.21. The highest BCUT2D eigenvalue weighted by molar-refractivity contribution is 5.67. The van der Waals surface area contributed by atoms with Gasteiger partial charge in [0.15, 0.2) is 0 Å². The Balaban J connectivity index is 1.85. The molecular weight excluding hydrogens is 334 g/mol. The first-order valence-corrected chi connectivity index (χ1v) is 9.73. The van der Waals surface area contributed by atoms with E-state index in [-0.39, 0.29) is 0 Å². The second-order valence-corrected chi connectivity index (χ2v) is 7.73. The van der Waals surface area contributed by atoms with Crippen molar-refractivity contribution in [3.8, 4) is 22.7 Å². The highest BCUT2D eigenvalue weighted by atomic mass is 16.5. The number of phenolic OH excluding ortho intramolecular Hbond substituents is 1. The fourth-order valence-electron chi connectivity index (χ4n) is 4.05. The minimum atomic E-state index is 0.294. The highest BCUT2D eigenvalue weighted by Crippen LogP contribution is 2.35. The third kappa shape index (κ3) is 3.40. The van der Waals surface area contributed by atoms with Crippen LogP contribution in [0.1, 0.15) is 43.0 Å². The van der Waals surface area contributed by atoms with Gasteiger partial charge in [0, 0.05) is 24.9 Å². The van der Waals surface area contributed by atoms with Crippen molar-refractivity contribution in [1.82, 2.24) is 4.57 Å². The van der Waals surface area contributed by atoms with Gasteiger partial charge in [0.05, 0.1) is 11.8 Å². The van der Waals surface area contributed by atoms with Gasteiger partial charge in [0.2, 0.25) is 0 Å². The van der Waals surface area contributed by atoms with Crippen molar-refractivity contribution >= 4 is 0 Å². The predicted molar refractivity (Wildman–Crippen MR) is 110 cm³/mol. The zero-order valence-electron chi connectivity index (χ0n) is 16.3. The van der Waals surface area contributed by atoms with Gasteiger partial charge in [-0.1, -0.05) is 38.1 Å². The van der Waals surface area contributed by atoms with Crippen LogP contribution in [0.4, 0.5) is 0 Å². The van der Waals surface area contributed by atoms with Crippen molar-refractivity contribution in [2.75, 3.05) is 7.11 Å². The summed E-state index contributed by atoms with van der Waals surface area (Å²) in [5, 5.41) is 9.70. The minimum Gasteiger partial charge on any atom is -0.508 e. The Hall–Kier alpha value is -2.52. The van der Waals surface area contributed by atoms with E-state index in [9.17, 15) is 5.11 Å². The summed E-state index contributed by atoms with van der Waals surface area (Å²) in [5.41, 5.74) is 7.59. The number of hydrogen-bond donors (Lipinski definition) is 1. The van der Waals surface area contributed by atoms with Gasteiger partial charge in [-0.15, -0.1) is 0 Å². The molecule has 0 radical (unpaired) electrons. The molecule has 1 aliphatic rings. The number of ether oxygens (including phenoxy) is 1. The maximum Gasteiger partial charge on any atom is 0.115 e. The molecule has 27 heavy (non-hydrogen) atoms. The molecule has 3 nitrogen and oxygen atoms in total. The second kappa shape index (κ2) is 7.24. The third-order valence-electron chi connectivity index (χ3n) is 5.66. The van der Waals surface area contributed by atoms with E-state index in [1.165, 1.54) is 28.1 Å². The van der Waals surface area contributed by atoms with E-state index in [2.05, 4.69) is 48.7 Å². The van der Waals surface area contributed by atoms with Gasteiger partial charge in [0.25, 0.3) is 0 Å². The molecule has 0 spiro atoms. The summed E-state index contributed by atoms with van der Waals surface area (Å²) in [4.78, 5) is 0. The summed E-state index contributed by atoms with van der Waals surface area (Å²) in [6.07, 6.45) is 3.29. The minimum absolute atomic E-state index is 0.294. The molecule has 4 rings (SSSR count). The van der Waals surface area contributed by atoms with Gasteiger partial charge >= 0.3 is 0 Å². The Bertz CT molecular complexity index is 920. The molecule has 0 fully saturated rings. The molecule has 1 atom stereocenters. The number of fused-ring (bicyclic) bond motifs is 1. The number of phenols is 1. The van der Waals surface area contributed by atoms with Crippen molar-refractivity contribution in [2.24, 2.45) is 0 Å². The molecule has 0 saturated heterocycles. The molecule has 1 heterocycles. The fourth-order valence-corrected chi connectivity index (χ4v) is 4.05. The van der Waals surface area contributed by atoms with Crippen LogP contribution in [0.15, 0.2) is 54.6 Å². The van der Waals surface area contributed by atoms with Crippen LogP contribution in [0.3, 0.4) is 0 Å². The summed E-state index contributed by atoms with van der Waals surface area (Å²) in [7, 11) is 1.80. The van der Waals surface area contributed by atoms with Crippen LogP contribution in [-0.4, -0.2) is 22.9 Å². The van der Waals surface area contributed by atoms with Crippen LogP contribution in [0.2, 0.25) is 0 Å². The monoisotopic (exact) mass is 361 g/mol. The van der Waals surface area contributed by atoms with Gasteiger partial charge < -0.3 is 14.4 Å². The average molecular weight is 361 g/mol. The molecule has 1 unspecified atom stereocenters. The largest absolute Gasteiger partial charge is 0.508 e. The smallest absolute Gasteiger partial charge is 0.115 e. The molecule has 1 aliphatic carbocycles. The quantitative estimate of drug-likeness (QED) is 0.668. The second-order valence-electron chi connectivity index (χ2n) is 7.73. The van der Waals surface area contributed by atoms with Crippen LogP contribution in [-0.2, 0) is 17.6 Å². The van der Waals surface area contributed by atoms with Crippen LogP contribution in [0, 0.1) is 0 Å². The highest BCUT2D eigenvalue weighted by Gasteiger charge is 2.25. The van der Waals surface area contributed by atoms with Crippen LogP contribution in [0.5, 0.6) is 5.75 Å². The fraction of sp³-hybridized carbons (Fsp3) is 0.333. The Kier molecular flexibility index (Phi) is 4.79. The topological polar surface area (TPSA) is 34.4 Å². The first-order chi connectivity index (χ1) is 13.1.